The van der Waals surface area contributed by atoms with Crippen LogP contribution in [0.5, 0.6) is 11.5 Å². The molecule has 0 bridgehead atoms. The largest absolute Gasteiger partial charge is 0.508 e. The van der Waals surface area contributed by atoms with Gasteiger partial charge in [-0.3, -0.25) is 14.7 Å². The van der Waals surface area contributed by atoms with E-state index in [0.29, 0.717) is 11.5 Å². The van der Waals surface area contributed by atoms with Gasteiger partial charge in [0.2, 0.25) is 0 Å². The zero-order chi connectivity index (χ0) is 20.4. The summed E-state index contributed by atoms with van der Waals surface area (Å²) in [6, 6.07) is 9.99. The molecule has 4 rings (SSSR count). The number of rotatable bonds is 6. The first-order valence-electron chi connectivity index (χ1n) is 10.5. The lowest BCUT2D eigenvalue weighted by Gasteiger charge is -2.21. The Kier molecular flexibility index (Phi) is 6.06. The second-order valence-corrected chi connectivity index (χ2v) is 8.52. The van der Waals surface area contributed by atoms with E-state index in [4.69, 9.17) is 0 Å². The highest BCUT2D eigenvalue weighted by Crippen LogP contribution is 2.28. The molecule has 3 N–H and O–H groups in total. The highest BCUT2D eigenvalue weighted by molar-refractivity contribution is 5.43. The number of benzene rings is 2. The molecule has 0 amide bonds. The van der Waals surface area contributed by atoms with Gasteiger partial charge in [0.1, 0.15) is 11.5 Å². The normalized spacial score (nSPS) is 18.7. The minimum Gasteiger partial charge on any atom is -0.508 e. The molecule has 0 unspecified atom stereocenters. The van der Waals surface area contributed by atoms with Crippen molar-refractivity contribution in [3.63, 3.8) is 0 Å². The maximum Gasteiger partial charge on any atom is 0.124 e. The molecule has 29 heavy (non-hydrogen) atoms. The molecule has 156 valence electrons. The van der Waals surface area contributed by atoms with Crippen molar-refractivity contribution < 1.29 is 10.2 Å². The molecule has 0 spiro atoms. The summed E-state index contributed by atoms with van der Waals surface area (Å²) < 4.78 is 0. The van der Waals surface area contributed by atoms with E-state index in [2.05, 4.69) is 52.1 Å². The van der Waals surface area contributed by atoms with E-state index in [1.54, 1.807) is 6.07 Å². The summed E-state index contributed by atoms with van der Waals surface area (Å²) >= 11 is 0. The molecule has 2 heterocycles. The van der Waals surface area contributed by atoms with E-state index < -0.39 is 0 Å². The lowest BCUT2D eigenvalue weighted by molar-refractivity contribution is 0.231. The Bertz CT molecular complexity index is 864. The van der Waals surface area contributed by atoms with E-state index >= 15 is 0 Å². The fourth-order valence-corrected chi connectivity index (χ4v) is 4.39. The highest BCUT2D eigenvalue weighted by atomic mass is 16.3. The van der Waals surface area contributed by atoms with Crippen LogP contribution in [0.2, 0.25) is 0 Å². The molecule has 0 saturated carbocycles. The molecule has 0 aromatic heterocycles. The van der Waals surface area contributed by atoms with Crippen LogP contribution < -0.4 is 5.32 Å². The van der Waals surface area contributed by atoms with Gasteiger partial charge in [0.25, 0.3) is 0 Å². The number of nitrogens with zero attached hydrogens (tertiary/aromatic N) is 3. The van der Waals surface area contributed by atoms with Gasteiger partial charge in [-0.15, -0.1) is 0 Å². The summed E-state index contributed by atoms with van der Waals surface area (Å²) in [4.78, 5) is 7.03. The maximum atomic E-state index is 10.9. The predicted molar refractivity (Wildman–Crippen MR) is 115 cm³/mol. The van der Waals surface area contributed by atoms with Crippen LogP contribution >= 0.6 is 0 Å². The van der Waals surface area contributed by atoms with Gasteiger partial charge in [0, 0.05) is 69.2 Å². The minimum absolute atomic E-state index is 0.367. The minimum atomic E-state index is 0.367. The van der Waals surface area contributed by atoms with Crippen molar-refractivity contribution in [2.75, 3.05) is 39.5 Å². The second-order valence-electron chi connectivity index (χ2n) is 8.52. The lowest BCUT2D eigenvalue weighted by Crippen LogP contribution is -2.25. The van der Waals surface area contributed by atoms with E-state index in [1.165, 1.54) is 11.1 Å². The molecule has 2 aromatic rings. The van der Waals surface area contributed by atoms with Gasteiger partial charge in [-0.2, -0.15) is 0 Å². The Morgan fingerprint density at radius 1 is 0.793 bits per heavy atom. The third kappa shape index (κ3) is 4.90. The summed E-state index contributed by atoms with van der Waals surface area (Å²) in [5, 5.41) is 24.4. The maximum absolute atomic E-state index is 10.9. The highest BCUT2D eigenvalue weighted by Gasteiger charge is 2.23. The molecule has 2 fully saturated rings. The van der Waals surface area contributed by atoms with Gasteiger partial charge in [-0.1, -0.05) is 35.4 Å². The zero-order valence-electron chi connectivity index (χ0n) is 17.5. The third-order valence-corrected chi connectivity index (χ3v) is 5.90. The second kappa shape index (κ2) is 8.71. The standard InChI is InChI=1S/C23H32N4O2/c1-17-3-4-22(28)19(9-17)12-26-7-8-27(16-26)14-21-11-18(2)10-20(23(21)29)13-25-6-5-24-15-25/h3-4,9-11,24,28-29H,5-8,12-16H2,1-2H3. The average Bonchev–Trinajstić information content (AvgIpc) is 3.34. The summed E-state index contributed by atoms with van der Waals surface area (Å²) in [7, 11) is 0. The van der Waals surface area contributed by atoms with Crippen LogP contribution in [-0.2, 0) is 19.6 Å². The number of phenolic OH excluding ortho intramolecular Hbond substituents is 2. The van der Waals surface area contributed by atoms with Gasteiger partial charge in [0.05, 0.1) is 6.67 Å². The fourth-order valence-electron chi connectivity index (χ4n) is 4.39. The van der Waals surface area contributed by atoms with Crippen LogP contribution in [0.3, 0.4) is 0 Å². The van der Waals surface area contributed by atoms with Crippen LogP contribution in [0.25, 0.3) is 0 Å². The molecule has 0 aliphatic carbocycles. The first-order valence-corrected chi connectivity index (χ1v) is 10.5. The van der Waals surface area contributed by atoms with E-state index in [0.717, 1.165) is 75.8 Å². The Morgan fingerprint density at radius 2 is 1.41 bits per heavy atom. The zero-order valence-corrected chi connectivity index (χ0v) is 17.5. The van der Waals surface area contributed by atoms with Gasteiger partial charge in [-0.05, 0) is 19.9 Å². The molecular weight excluding hydrogens is 364 g/mol. The molecule has 2 aliphatic rings. The SMILES string of the molecule is Cc1ccc(O)c(CN2CCN(Cc3cc(C)cc(CN4CCNC4)c3O)C2)c1. The Balaban J connectivity index is 1.40. The van der Waals surface area contributed by atoms with Gasteiger partial charge < -0.3 is 15.5 Å². The number of aromatic hydroxyl groups is 2. The summed E-state index contributed by atoms with van der Waals surface area (Å²) in [5.74, 6) is 0.809. The van der Waals surface area contributed by atoms with Crippen LogP contribution in [0, 0.1) is 13.8 Å². The van der Waals surface area contributed by atoms with Crippen molar-refractivity contribution in [2.45, 2.75) is 33.5 Å². The van der Waals surface area contributed by atoms with E-state index in [1.807, 2.05) is 6.07 Å². The van der Waals surface area contributed by atoms with Crippen LogP contribution in [0.4, 0.5) is 0 Å². The summed E-state index contributed by atoms with van der Waals surface area (Å²) in [6.45, 7) is 12.1. The molecule has 2 saturated heterocycles. The molecule has 2 aromatic carbocycles. The van der Waals surface area contributed by atoms with E-state index in [9.17, 15) is 10.2 Å². The summed E-state index contributed by atoms with van der Waals surface area (Å²) in [5.41, 5.74) is 5.36. The Hall–Kier alpha value is -2.12. The van der Waals surface area contributed by atoms with Crippen molar-refractivity contribution in [2.24, 2.45) is 0 Å². The topological polar surface area (TPSA) is 62.2 Å². The molecule has 6 nitrogen and oxygen atoms in total. The van der Waals surface area contributed by atoms with Gasteiger partial charge in [0.15, 0.2) is 0 Å². The third-order valence-electron chi connectivity index (χ3n) is 5.90. The lowest BCUT2D eigenvalue weighted by atomic mass is 10.0. The number of hydrogen-bond acceptors (Lipinski definition) is 6. The molecular formula is C23H32N4O2. The first kappa shape index (κ1) is 20.2. The molecule has 0 atom stereocenters. The quantitative estimate of drug-likeness (QED) is 0.697. The predicted octanol–water partition coefficient (Wildman–Crippen LogP) is 2.35. The number of nitrogens with one attached hydrogen (secondary N) is 1. The number of aryl methyl sites for hydroxylation is 2. The van der Waals surface area contributed by atoms with Gasteiger partial charge >= 0.3 is 0 Å². The Morgan fingerprint density at radius 3 is 2.07 bits per heavy atom. The molecule has 0 radical (unpaired) electrons. The average molecular weight is 397 g/mol. The van der Waals surface area contributed by atoms with Crippen molar-refractivity contribution in [1.29, 1.82) is 0 Å². The smallest absolute Gasteiger partial charge is 0.124 e. The van der Waals surface area contributed by atoms with Crippen molar-refractivity contribution in [1.82, 2.24) is 20.0 Å². The number of hydrogen-bond donors (Lipinski definition) is 3. The van der Waals surface area contributed by atoms with Crippen LogP contribution in [0.1, 0.15) is 27.8 Å². The molecule has 6 heteroatoms. The monoisotopic (exact) mass is 396 g/mol. The first-order chi connectivity index (χ1) is 14.0. The van der Waals surface area contributed by atoms with Crippen LogP contribution in [0.15, 0.2) is 30.3 Å². The van der Waals surface area contributed by atoms with Crippen molar-refractivity contribution >= 4 is 0 Å². The van der Waals surface area contributed by atoms with Crippen LogP contribution in [-0.4, -0.2) is 64.4 Å². The number of phenols is 2. The van der Waals surface area contributed by atoms with E-state index in [-0.39, 0.29) is 0 Å². The fraction of sp³-hybridized carbons (Fsp3) is 0.478. The Labute approximate surface area is 173 Å². The summed E-state index contributed by atoms with van der Waals surface area (Å²) in [6.07, 6.45) is 0. The van der Waals surface area contributed by atoms with Crippen molar-refractivity contribution in [3.05, 3.63) is 58.1 Å². The van der Waals surface area contributed by atoms with Crippen molar-refractivity contribution in [3.8, 4) is 11.5 Å². The van der Waals surface area contributed by atoms with Gasteiger partial charge in [-0.25, -0.2) is 0 Å². The molecule has 2 aliphatic heterocycles.